The first-order valence-electron chi connectivity index (χ1n) is 6.56. The van der Waals surface area contributed by atoms with Crippen molar-refractivity contribution >= 4 is 33.4 Å². The molecule has 0 unspecified atom stereocenters. The van der Waals surface area contributed by atoms with E-state index in [1.807, 2.05) is 0 Å². The van der Waals surface area contributed by atoms with Crippen LogP contribution in [0.15, 0.2) is 16.7 Å². The topological polar surface area (TPSA) is 54.5 Å². The monoisotopic (exact) mass is 361 g/mol. The Hall–Kier alpha value is -0.690. The predicted molar refractivity (Wildman–Crippen MR) is 81.2 cm³/mol. The number of nitrogens with zero attached hydrogens (tertiary/aromatic N) is 2. The zero-order valence-corrected chi connectivity index (χ0v) is 13.4. The van der Waals surface area contributed by atoms with Crippen molar-refractivity contribution in [2.45, 2.75) is 6.42 Å². The molecule has 0 bridgehead atoms. The van der Waals surface area contributed by atoms with Crippen LogP contribution in [0.4, 0.5) is 0 Å². The van der Waals surface area contributed by atoms with Crippen molar-refractivity contribution in [3.63, 3.8) is 0 Å². The molecule has 5 nitrogen and oxygen atoms in total. The maximum Gasteiger partial charge on any atom is 0.254 e. The van der Waals surface area contributed by atoms with E-state index >= 15 is 0 Å². The van der Waals surface area contributed by atoms with Gasteiger partial charge in [-0.25, -0.2) is 4.98 Å². The highest BCUT2D eigenvalue weighted by atomic mass is 79.9. The number of amides is 1. The van der Waals surface area contributed by atoms with Crippen LogP contribution in [0.3, 0.4) is 0 Å². The van der Waals surface area contributed by atoms with Crippen LogP contribution in [0.25, 0.3) is 0 Å². The lowest BCUT2D eigenvalue weighted by atomic mass is 10.2. The molecule has 7 heteroatoms. The SMILES string of the molecule is O=C(NCCCN1CCOCC1)c1cc(Br)cnc1Cl. The third kappa shape index (κ3) is 4.70. The van der Waals surface area contributed by atoms with E-state index in [0.29, 0.717) is 12.1 Å². The van der Waals surface area contributed by atoms with Crippen LogP contribution in [0.2, 0.25) is 5.15 Å². The number of hydrogen-bond acceptors (Lipinski definition) is 4. The Morgan fingerprint density at radius 1 is 1.50 bits per heavy atom. The van der Waals surface area contributed by atoms with Gasteiger partial charge in [-0.2, -0.15) is 0 Å². The molecular formula is C13H17BrClN3O2. The molecule has 2 rings (SSSR count). The summed E-state index contributed by atoms with van der Waals surface area (Å²) in [7, 11) is 0. The first kappa shape index (κ1) is 15.7. The Balaban J connectivity index is 1.73. The summed E-state index contributed by atoms with van der Waals surface area (Å²) >= 11 is 9.19. The third-order valence-corrected chi connectivity index (χ3v) is 3.83. The second kappa shape index (κ2) is 7.93. The molecule has 0 atom stereocenters. The molecule has 0 saturated carbocycles. The number of ether oxygens (including phenoxy) is 1. The van der Waals surface area contributed by atoms with E-state index in [0.717, 1.165) is 43.7 Å². The first-order chi connectivity index (χ1) is 9.66. The summed E-state index contributed by atoms with van der Waals surface area (Å²) in [6.07, 6.45) is 2.47. The van der Waals surface area contributed by atoms with E-state index in [4.69, 9.17) is 16.3 Å². The Morgan fingerprint density at radius 2 is 2.25 bits per heavy atom. The molecule has 1 aliphatic heterocycles. The predicted octanol–water partition coefficient (Wildman–Crippen LogP) is 1.95. The highest BCUT2D eigenvalue weighted by Gasteiger charge is 2.12. The molecule has 110 valence electrons. The van der Waals surface area contributed by atoms with Crippen LogP contribution in [-0.4, -0.2) is 55.2 Å². The summed E-state index contributed by atoms with van der Waals surface area (Å²) in [6.45, 7) is 5.12. The Kier molecular flexibility index (Phi) is 6.22. The molecule has 20 heavy (non-hydrogen) atoms. The van der Waals surface area contributed by atoms with Crippen LogP contribution < -0.4 is 5.32 Å². The molecule has 1 aromatic rings. The summed E-state index contributed by atoms with van der Waals surface area (Å²) in [5.74, 6) is -0.189. The third-order valence-electron chi connectivity index (χ3n) is 3.09. The van der Waals surface area contributed by atoms with Gasteiger partial charge in [0.15, 0.2) is 0 Å². The van der Waals surface area contributed by atoms with Gasteiger partial charge in [-0.05, 0) is 35.0 Å². The second-order valence-electron chi connectivity index (χ2n) is 4.56. The Bertz CT molecular complexity index is 467. The molecule has 1 aliphatic rings. The van der Waals surface area contributed by atoms with Crippen molar-refractivity contribution in [1.82, 2.24) is 15.2 Å². The molecule has 1 aromatic heterocycles. The number of carbonyl (C=O) groups excluding carboxylic acids is 1. The lowest BCUT2D eigenvalue weighted by Gasteiger charge is -2.26. The molecule has 0 aromatic carbocycles. The highest BCUT2D eigenvalue weighted by molar-refractivity contribution is 9.10. The van der Waals surface area contributed by atoms with Crippen LogP contribution >= 0.6 is 27.5 Å². The second-order valence-corrected chi connectivity index (χ2v) is 5.83. The highest BCUT2D eigenvalue weighted by Crippen LogP contribution is 2.17. The van der Waals surface area contributed by atoms with Gasteiger partial charge in [0.1, 0.15) is 5.15 Å². The molecule has 1 N–H and O–H groups in total. The summed E-state index contributed by atoms with van der Waals surface area (Å²) in [5.41, 5.74) is 0.396. The van der Waals surface area contributed by atoms with E-state index in [9.17, 15) is 4.79 Å². The van der Waals surface area contributed by atoms with Gasteiger partial charge in [0.05, 0.1) is 18.8 Å². The van der Waals surface area contributed by atoms with Gasteiger partial charge in [0.2, 0.25) is 0 Å². The summed E-state index contributed by atoms with van der Waals surface area (Å²) < 4.78 is 6.03. The average Bonchev–Trinajstić information content (AvgIpc) is 2.47. The minimum Gasteiger partial charge on any atom is -0.379 e. The van der Waals surface area contributed by atoms with Crippen molar-refractivity contribution in [3.8, 4) is 0 Å². The minimum absolute atomic E-state index is 0.189. The number of carbonyl (C=O) groups is 1. The van der Waals surface area contributed by atoms with Gasteiger partial charge >= 0.3 is 0 Å². The molecule has 1 saturated heterocycles. The zero-order chi connectivity index (χ0) is 14.4. The van der Waals surface area contributed by atoms with E-state index in [1.54, 1.807) is 12.3 Å². The lowest BCUT2D eigenvalue weighted by Crippen LogP contribution is -2.38. The Morgan fingerprint density at radius 3 is 3.00 bits per heavy atom. The van der Waals surface area contributed by atoms with Crippen molar-refractivity contribution < 1.29 is 9.53 Å². The Labute approximate surface area is 131 Å². The quantitative estimate of drug-likeness (QED) is 0.642. The van der Waals surface area contributed by atoms with Crippen molar-refractivity contribution in [2.75, 3.05) is 39.4 Å². The molecule has 1 fully saturated rings. The number of hydrogen-bond donors (Lipinski definition) is 1. The standard InChI is InChI=1S/C13H17BrClN3O2/c14-10-8-11(12(15)17-9-10)13(19)16-2-1-3-18-4-6-20-7-5-18/h8-9H,1-7H2,(H,16,19). The number of pyridine rings is 1. The van der Waals surface area contributed by atoms with Gasteiger partial charge < -0.3 is 10.1 Å². The van der Waals surface area contributed by atoms with Crippen LogP contribution in [0, 0.1) is 0 Å². The number of halogens is 2. The fourth-order valence-electron chi connectivity index (χ4n) is 2.01. The number of aromatic nitrogens is 1. The lowest BCUT2D eigenvalue weighted by molar-refractivity contribution is 0.0374. The smallest absolute Gasteiger partial charge is 0.254 e. The van der Waals surface area contributed by atoms with Crippen LogP contribution in [0.1, 0.15) is 16.8 Å². The number of nitrogens with one attached hydrogen (secondary N) is 1. The van der Waals surface area contributed by atoms with E-state index in [1.165, 1.54) is 0 Å². The van der Waals surface area contributed by atoms with E-state index < -0.39 is 0 Å². The maximum absolute atomic E-state index is 12.0. The minimum atomic E-state index is -0.189. The normalized spacial score (nSPS) is 16.1. The molecule has 1 amide bonds. The van der Waals surface area contributed by atoms with Crippen molar-refractivity contribution in [2.24, 2.45) is 0 Å². The molecule has 0 aliphatic carbocycles. The van der Waals surface area contributed by atoms with Crippen LogP contribution in [-0.2, 0) is 4.74 Å². The molecule has 0 radical (unpaired) electrons. The summed E-state index contributed by atoms with van der Waals surface area (Å²) in [6, 6.07) is 1.67. The van der Waals surface area contributed by atoms with Gasteiger partial charge in [0.25, 0.3) is 5.91 Å². The van der Waals surface area contributed by atoms with E-state index in [-0.39, 0.29) is 11.1 Å². The van der Waals surface area contributed by atoms with Crippen LogP contribution in [0.5, 0.6) is 0 Å². The van der Waals surface area contributed by atoms with Gasteiger partial charge in [-0.3, -0.25) is 9.69 Å². The van der Waals surface area contributed by atoms with E-state index in [2.05, 4.69) is 31.1 Å². The zero-order valence-electron chi connectivity index (χ0n) is 11.1. The summed E-state index contributed by atoms with van der Waals surface area (Å²) in [5, 5.41) is 3.09. The number of morpholine rings is 1. The largest absolute Gasteiger partial charge is 0.379 e. The molecule has 0 spiro atoms. The first-order valence-corrected chi connectivity index (χ1v) is 7.73. The summed E-state index contributed by atoms with van der Waals surface area (Å²) in [4.78, 5) is 18.3. The fraction of sp³-hybridized carbons (Fsp3) is 0.538. The number of rotatable bonds is 5. The van der Waals surface area contributed by atoms with Gasteiger partial charge in [-0.15, -0.1) is 0 Å². The van der Waals surface area contributed by atoms with Crippen molar-refractivity contribution in [3.05, 3.63) is 27.5 Å². The molecular weight excluding hydrogens is 346 g/mol. The van der Waals surface area contributed by atoms with Crippen molar-refractivity contribution in [1.29, 1.82) is 0 Å². The van der Waals surface area contributed by atoms with Gasteiger partial charge in [0, 0.05) is 30.3 Å². The van der Waals surface area contributed by atoms with Gasteiger partial charge in [-0.1, -0.05) is 11.6 Å². The fourth-order valence-corrected chi connectivity index (χ4v) is 2.53. The average molecular weight is 363 g/mol. The molecule has 2 heterocycles. The maximum atomic E-state index is 12.0.